The summed E-state index contributed by atoms with van der Waals surface area (Å²) in [5, 5.41) is 3.69. The first-order valence-corrected chi connectivity index (χ1v) is 6.56. The van der Waals surface area contributed by atoms with Gasteiger partial charge in [-0.3, -0.25) is 0 Å². The summed E-state index contributed by atoms with van der Waals surface area (Å²) in [5.74, 6) is 0.962. The summed E-state index contributed by atoms with van der Waals surface area (Å²) in [6.45, 7) is 7.53. The van der Waals surface area contributed by atoms with Crippen molar-refractivity contribution in [2.24, 2.45) is 11.3 Å². The van der Waals surface area contributed by atoms with Crippen LogP contribution in [0.25, 0.3) is 0 Å². The van der Waals surface area contributed by atoms with Crippen LogP contribution in [0.4, 0.5) is 0 Å². The van der Waals surface area contributed by atoms with Crippen LogP contribution in [0, 0.1) is 11.3 Å². The Balaban J connectivity index is 1.73. The van der Waals surface area contributed by atoms with Crippen LogP contribution in [0.5, 0.6) is 0 Å². The van der Waals surface area contributed by atoms with Gasteiger partial charge in [0, 0.05) is 25.8 Å². The van der Waals surface area contributed by atoms with Gasteiger partial charge in [-0.1, -0.05) is 6.92 Å². The third kappa shape index (κ3) is 3.46. The number of nitrogens with one attached hydrogen (secondary N) is 1. The molecule has 1 atom stereocenters. The fourth-order valence-electron chi connectivity index (χ4n) is 2.33. The molecule has 0 aromatic carbocycles. The van der Waals surface area contributed by atoms with Crippen LogP contribution in [0.3, 0.4) is 0 Å². The van der Waals surface area contributed by atoms with Gasteiger partial charge in [-0.2, -0.15) is 0 Å². The lowest BCUT2D eigenvalue weighted by Gasteiger charge is -2.30. The van der Waals surface area contributed by atoms with Crippen molar-refractivity contribution in [1.82, 2.24) is 5.32 Å². The molecule has 0 amide bonds. The van der Waals surface area contributed by atoms with Crippen LogP contribution in [0.2, 0.25) is 0 Å². The van der Waals surface area contributed by atoms with E-state index in [-0.39, 0.29) is 0 Å². The third-order valence-electron chi connectivity index (χ3n) is 3.96. The third-order valence-corrected chi connectivity index (χ3v) is 3.96. The van der Waals surface area contributed by atoms with Crippen molar-refractivity contribution < 1.29 is 4.74 Å². The monoisotopic (exact) mass is 211 g/mol. The Hall–Kier alpha value is -0.0800. The van der Waals surface area contributed by atoms with Crippen LogP contribution in [0.15, 0.2) is 0 Å². The van der Waals surface area contributed by atoms with E-state index in [1.54, 1.807) is 0 Å². The minimum Gasteiger partial charge on any atom is -0.382 e. The molecule has 2 rings (SSSR count). The van der Waals surface area contributed by atoms with Crippen LogP contribution < -0.4 is 5.32 Å². The molecule has 2 nitrogen and oxygen atoms in total. The van der Waals surface area contributed by atoms with Crippen molar-refractivity contribution in [1.29, 1.82) is 0 Å². The fraction of sp³-hybridized carbons (Fsp3) is 1.00. The second kappa shape index (κ2) is 4.84. The fourth-order valence-corrected chi connectivity index (χ4v) is 2.33. The SMILES string of the molecule is CCOCCC(C)(CNC1CC1)C1CC1. The van der Waals surface area contributed by atoms with Crippen molar-refractivity contribution in [2.75, 3.05) is 19.8 Å². The minimum absolute atomic E-state index is 0.498. The molecule has 0 aromatic heterocycles. The average molecular weight is 211 g/mol. The maximum atomic E-state index is 5.50. The lowest BCUT2D eigenvalue weighted by Crippen LogP contribution is -2.35. The predicted octanol–water partition coefficient (Wildman–Crippen LogP) is 2.58. The molecule has 0 aliphatic heterocycles. The number of ether oxygens (including phenoxy) is 1. The first-order chi connectivity index (χ1) is 7.24. The molecular weight excluding hydrogens is 186 g/mol. The number of hydrogen-bond acceptors (Lipinski definition) is 2. The highest BCUT2D eigenvalue weighted by Crippen LogP contribution is 2.47. The highest BCUT2D eigenvalue weighted by molar-refractivity contribution is 4.94. The summed E-state index contributed by atoms with van der Waals surface area (Å²) < 4.78 is 5.50. The van der Waals surface area contributed by atoms with Crippen molar-refractivity contribution in [2.45, 2.75) is 52.0 Å². The molecule has 88 valence electrons. The van der Waals surface area contributed by atoms with Gasteiger partial charge < -0.3 is 10.1 Å². The summed E-state index contributed by atoms with van der Waals surface area (Å²) in [5.41, 5.74) is 0.498. The molecule has 0 radical (unpaired) electrons. The van der Waals surface area contributed by atoms with E-state index in [0.717, 1.165) is 25.2 Å². The molecule has 0 spiro atoms. The lowest BCUT2D eigenvalue weighted by molar-refractivity contribution is 0.0981. The molecule has 15 heavy (non-hydrogen) atoms. The smallest absolute Gasteiger partial charge is 0.0471 e. The summed E-state index contributed by atoms with van der Waals surface area (Å²) in [6, 6.07) is 0.843. The topological polar surface area (TPSA) is 21.3 Å². The molecule has 0 aromatic rings. The standard InChI is InChI=1S/C13H25NO/c1-3-15-9-8-13(2,11-4-5-11)10-14-12-6-7-12/h11-12,14H,3-10H2,1-2H3. The zero-order valence-corrected chi connectivity index (χ0v) is 10.2. The van der Waals surface area contributed by atoms with Crippen molar-refractivity contribution >= 4 is 0 Å². The molecule has 1 unspecified atom stereocenters. The van der Waals surface area contributed by atoms with Crippen molar-refractivity contribution in [3.8, 4) is 0 Å². The van der Waals surface area contributed by atoms with Crippen LogP contribution in [0.1, 0.15) is 46.0 Å². The van der Waals surface area contributed by atoms with E-state index >= 15 is 0 Å². The van der Waals surface area contributed by atoms with Gasteiger partial charge >= 0.3 is 0 Å². The van der Waals surface area contributed by atoms with Crippen molar-refractivity contribution in [3.05, 3.63) is 0 Å². The Morgan fingerprint density at radius 3 is 2.53 bits per heavy atom. The van der Waals surface area contributed by atoms with Crippen molar-refractivity contribution in [3.63, 3.8) is 0 Å². The van der Waals surface area contributed by atoms with E-state index in [1.807, 2.05) is 0 Å². The Labute approximate surface area is 93.8 Å². The normalized spacial score (nSPS) is 25.2. The summed E-state index contributed by atoms with van der Waals surface area (Å²) in [7, 11) is 0. The quantitative estimate of drug-likeness (QED) is 0.623. The largest absolute Gasteiger partial charge is 0.382 e. The zero-order valence-electron chi connectivity index (χ0n) is 10.2. The Morgan fingerprint density at radius 1 is 1.27 bits per heavy atom. The van der Waals surface area contributed by atoms with Crippen LogP contribution >= 0.6 is 0 Å². The zero-order chi connectivity index (χ0) is 10.7. The molecule has 1 N–H and O–H groups in total. The van der Waals surface area contributed by atoms with Gasteiger partial charge in [0.2, 0.25) is 0 Å². The molecule has 2 heteroatoms. The lowest BCUT2D eigenvalue weighted by atomic mass is 9.81. The average Bonchev–Trinajstić information content (AvgIpc) is 3.04. The number of rotatable bonds is 8. The molecule has 2 aliphatic carbocycles. The van der Waals surface area contributed by atoms with Crippen LogP contribution in [-0.4, -0.2) is 25.8 Å². The molecule has 2 aliphatic rings. The van der Waals surface area contributed by atoms with Gasteiger partial charge in [0.25, 0.3) is 0 Å². The molecule has 0 heterocycles. The Bertz CT molecular complexity index is 199. The molecule has 2 saturated carbocycles. The van der Waals surface area contributed by atoms with Gasteiger partial charge in [-0.25, -0.2) is 0 Å². The van der Waals surface area contributed by atoms with Gasteiger partial charge in [0.15, 0.2) is 0 Å². The molecule has 0 bridgehead atoms. The maximum Gasteiger partial charge on any atom is 0.0471 e. The van der Waals surface area contributed by atoms with Gasteiger partial charge in [0.05, 0.1) is 0 Å². The van der Waals surface area contributed by atoms with E-state index in [0.29, 0.717) is 5.41 Å². The molecular formula is C13H25NO. The van der Waals surface area contributed by atoms with Gasteiger partial charge in [-0.05, 0) is 50.4 Å². The maximum absolute atomic E-state index is 5.50. The second-order valence-electron chi connectivity index (χ2n) is 5.53. The first-order valence-electron chi connectivity index (χ1n) is 6.56. The highest BCUT2D eigenvalue weighted by Gasteiger charge is 2.41. The second-order valence-corrected chi connectivity index (χ2v) is 5.53. The molecule has 2 fully saturated rings. The summed E-state index contributed by atoms with van der Waals surface area (Å²) >= 11 is 0. The van der Waals surface area contributed by atoms with Gasteiger partial charge in [0.1, 0.15) is 0 Å². The Morgan fingerprint density at radius 2 is 2.00 bits per heavy atom. The summed E-state index contributed by atoms with van der Waals surface area (Å²) in [6.07, 6.45) is 6.90. The Kier molecular flexibility index (Phi) is 3.68. The van der Waals surface area contributed by atoms with E-state index in [1.165, 1.54) is 38.6 Å². The molecule has 0 saturated heterocycles. The van der Waals surface area contributed by atoms with E-state index in [4.69, 9.17) is 4.74 Å². The first kappa shape index (κ1) is 11.4. The number of hydrogen-bond donors (Lipinski definition) is 1. The van der Waals surface area contributed by atoms with E-state index < -0.39 is 0 Å². The van der Waals surface area contributed by atoms with Crippen LogP contribution in [-0.2, 0) is 4.74 Å². The van der Waals surface area contributed by atoms with E-state index in [9.17, 15) is 0 Å². The predicted molar refractivity (Wildman–Crippen MR) is 63.0 cm³/mol. The summed E-state index contributed by atoms with van der Waals surface area (Å²) in [4.78, 5) is 0. The highest BCUT2D eigenvalue weighted by atomic mass is 16.5. The minimum atomic E-state index is 0.498. The van der Waals surface area contributed by atoms with E-state index in [2.05, 4.69) is 19.2 Å². The van der Waals surface area contributed by atoms with Gasteiger partial charge in [-0.15, -0.1) is 0 Å².